The predicted molar refractivity (Wildman–Crippen MR) is 130 cm³/mol. The van der Waals surface area contributed by atoms with Gasteiger partial charge in [-0.15, -0.1) is 0 Å². The Hall–Kier alpha value is -3.72. The molecule has 0 unspecified atom stereocenters. The van der Waals surface area contributed by atoms with E-state index in [1.807, 2.05) is 48.7 Å². The second kappa shape index (κ2) is 11.1. The molecule has 2 atom stereocenters. The van der Waals surface area contributed by atoms with Crippen LogP contribution in [0.5, 0.6) is 5.88 Å². The number of rotatable bonds is 9. The second-order valence-electron chi connectivity index (χ2n) is 8.36. The largest absolute Gasteiger partial charge is 0.480 e. The van der Waals surface area contributed by atoms with E-state index in [2.05, 4.69) is 20.6 Å². The first-order valence-electron chi connectivity index (χ1n) is 11.9. The molecule has 0 fully saturated rings. The van der Waals surface area contributed by atoms with E-state index in [1.165, 1.54) is 13.3 Å². The van der Waals surface area contributed by atoms with Gasteiger partial charge in [0.2, 0.25) is 5.88 Å². The van der Waals surface area contributed by atoms with Gasteiger partial charge >= 0.3 is 0 Å². The number of nitrogens with one attached hydrogen (secondary N) is 2. The summed E-state index contributed by atoms with van der Waals surface area (Å²) < 4.78 is 12.6. The number of carbonyl (C=O) groups is 2. The molecule has 1 aliphatic rings. The first kappa shape index (κ1) is 24.4. The number of methoxy groups -OCH3 is 1. The predicted octanol–water partition coefficient (Wildman–Crippen LogP) is 3.58. The molecule has 4 rings (SSSR count). The van der Waals surface area contributed by atoms with E-state index in [0.717, 1.165) is 12.0 Å². The highest BCUT2D eigenvalue weighted by Crippen LogP contribution is 2.24. The molecule has 0 saturated carbocycles. The van der Waals surface area contributed by atoms with Crippen LogP contribution in [0.4, 0.5) is 0 Å². The standard InChI is InChI=1S/C26H31N5O4/c1-4-19(17-9-7-6-8-10-17)29-25(32)18-13-22(31-11-12-35-16-23(18)31)26(33)30-20(5-2)21-14-28-24(34-3)15-27-21/h6-10,13-15,19-20H,4-5,11-12,16H2,1-3H3,(H,29,32)(H,30,33)/t19-,20-/m1/s1. The summed E-state index contributed by atoms with van der Waals surface area (Å²) >= 11 is 0. The third-order valence-corrected chi connectivity index (χ3v) is 6.23. The van der Waals surface area contributed by atoms with Gasteiger partial charge in [0.15, 0.2) is 0 Å². The number of aromatic nitrogens is 3. The minimum Gasteiger partial charge on any atom is -0.480 e. The first-order valence-corrected chi connectivity index (χ1v) is 11.9. The van der Waals surface area contributed by atoms with Crippen LogP contribution < -0.4 is 15.4 Å². The van der Waals surface area contributed by atoms with Crippen molar-refractivity contribution < 1.29 is 19.1 Å². The van der Waals surface area contributed by atoms with E-state index in [4.69, 9.17) is 9.47 Å². The Labute approximate surface area is 204 Å². The SMILES string of the molecule is CC[C@@H](NC(=O)c1cc(C(=O)N[C@H](CC)c2cnc(OC)cn2)n2c1COCC2)c1ccccc1. The Kier molecular flexibility index (Phi) is 7.77. The molecular formula is C26H31N5O4. The first-order chi connectivity index (χ1) is 17.0. The van der Waals surface area contributed by atoms with Crippen LogP contribution in [0.15, 0.2) is 48.8 Å². The second-order valence-corrected chi connectivity index (χ2v) is 8.36. The number of benzene rings is 1. The molecule has 0 radical (unpaired) electrons. The summed E-state index contributed by atoms with van der Waals surface area (Å²) in [4.78, 5) is 35.2. The lowest BCUT2D eigenvalue weighted by Crippen LogP contribution is -2.32. The van der Waals surface area contributed by atoms with Gasteiger partial charge in [0.1, 0.15) is 5.69 Å². The van der Waals surface area contributed by atoms with Crippen LogP contribution in [-0.2, 0) is 17.9 Å². The summed E-state index contributed by atoms with van der Waals surface area (Å²) in [6.45, 7) is 5.25. The van der Waals surface area contributed by atoms with E-state index in [9.17, 15) is 9.59 Å². The molecule has 9 heteroatoms. The number of nitrogens with zero attached hydrogens (tertiary/aromatic N) is 3. The number of ether oxygens (including phenoxy) is 2. The molecule has 0 bridgehead atoms. The van der Waals surface area contributed by atoms with Crippen molar-refractivity contribution >= 4 is 11.8 Å². The van der Waals surface area contributed by atoms with Gasteiger partial charge in [0.25, 0.3) is 11.8 Å². The van der Waals surface area contributed by atoms with Gasteiger partial charge in [-0.05, 0) is 24.5 Å². The summed E-state index contributed by atoms with van der Waals surface area (Å²) in [7, 11) is 1.53. The Balaban J connectivity index is 1.57. The molecule has 2 aromatic heterocycles. The molecule has 2 N–H and O–H groups in total. The van der Waals surface area contributed by atoms with Crippen molar-refractivity contribution in [2.45, 2.75) is 51.9 Å². The van der Waals surface area contributed by atoms with Crippen LogP contribution >= 0.6 is 0 Å². The number of carbonyl (C=O) groups excluding carboxylic acids is 2. The third kappa shape index (κ3) is 5.35. The summed E-state index contributed by atoms with van der Waals surface area (Å²) in [5.41, 5.74) is 3.28. The van der Waals surface area contributed by atoms with E-state index in [0.29, 0.717) is 48.1 Å². The van der Waals surface area contributed by atoms with Crippen molar-refractivity contribution in [1.82, 2.24) is 25.2 Å². The van der Waals surface area contributed by atoms with Crippen molar-refractivity contribution in [2.75, 3.05) is 13.7 Å². The maximum atomic E-state index is 13.3. The summed E-state index contributed by atoms with van der Waals surface area (Å²) in [5, 5.41) is 6.16. The van der Waals surface area contributed by atoms with Gasteiger partial charge < -0.3 is 24.7 Å². The molecule has 1 aromatic carbocycles. The van der Waals surface area contributed by atoms with Gasteiger partial charge in [0, 0.05) is 6.54 Å². The number of hydrogen-bond donors (Lipinski definition) is 2. The minimum absolute atomic E-state index is 0.126. The van der Waals surface area contributed by atoms with Gasteiger partial charge in [-0.1, -0.05) is 44.2 Å². The molecule has 0 aliphatic carbocycles. The fraction of sp³-hybridized carbons (Fsp3) is 0.385. The fourth-order valence-electron chi connectivity index (χ4n) is 4.28. The molecule has 1 aliphatic heterocycles. The number of hydrogen-bond acceptors (Lipinski definition) is 6. The molecule has 35 heavy (non-hydrogen) atoms. The molecule has 9 nitrogen and oxygen atoms in total. The van der Waals surface area contributed by atoms with Crippen LogP contribution in [0.1, 0.15) is 76.6 Å². The highest BCUT2D eigenvalue weighted by molar-refractivity contribution is 6.01. The van der Waals surface area contributed by atoms with E-state index in [1.54, 1.807) is 12.3 Å². The van der Waals surface area contributed by atoms with Crippen molar-refractivity contribution in [3.63, 3.8) is 0 Å². The monoisotopic (exact) mass is 477 g/mol. The molecule has 184 valence electrons. The zero-order valence-corrected chi connectivity index (χ0v) is 20.3. The molecular weight excluding hydrogens is 446 g/mol. The Morgan fingerprint density at radius 2 is 1.80 bits per heavy atom. The maximum absolute atomic E-state index is 13.3. The highest BCUT2D eigenvalue weighted by Gasteiger charge is 2.28. The van der Waals surface area contributed by atoms with Gasteiger partial charge in [0.05, 0.1) is 61.8 Å². The fourth-order valence-corrected chi connectivity index (χ4v) is 4.28. The van der Waals surface area contributed by atoms with Crippen molar-refractivity contribution in [2.24, 2.45) is 0 Å². The molecule has 2 amide bonds. The van der Waals surface area contributed by atoms with Gasteiger partial charge in [-0.25, -0.2) is 4.98 Å². The molecule has 0 spiro atoms. The Morgan fingerprint density at radius 3 is 2.46 bits per heavy atom. The van der Waals surface area contributed by atoms with Crippen LogP contribution in [0, 0.1) is 0 Å². The van der Waals surface area contributed by atoms with Crippen LogP contribution in [0.3, 0.4) is 0 Å². The van der Waals surface area contributed by atoms with Crippen molar-refractivity contribution in [3.8, 4) is 5.88 Å². The number of amides is 2. The van der Waals surface area contributed by atoms with Crippen LogP contribution in [0.2, 0.25) is 0 Å². The van der Waals surface area contributed by atoms with Crippen LogP contribution in [-0.4, -0.2) is 40.1 Å². The molecule has 0 saturated heterocycles. The average molecular weight is 478 g/mol. The Morgan fingerprint density at radius 1 is 1.06 bits per heavy atom. The zero-order valence-electron chi connectivity index (χ0n) is 20.3. The zero-order chi connectivity index (χ0) is 24.8. The normalized spacial score (nSPS) is 14.5. The summed E-state index contributed by atoms with van der Waals surface area (Å²) in [6, 6.07) is 11.1. The Bertz CT molecular complexity index is 1160. The lowest BCUT2D eigenvalue weighted by Gasteiger charge is -2.21. The smallest absolute Gasteiger partial charge is 0.268 e. The lowest BCUT2D eigenvalue weighted by atomic mass is 10.0. The summed E-state index contributed by atoms with van der Waals surface area (Å²) in [6.07, 6.45) is 4.50. The average Bonchev–Trinajstić information content (AvgIpc) is 3.31. The van der Waals surface area contributed by atoms with Crippen molar-refractivity contribution in [3.05, 3.63) is 77.0 Å². The van der Waals surface area contributed by atoms with Gasteiger partial charge in [-0.3, -0.25) is 14.6 Å². The van der Waals surface area contributed by atoms with Gasteiger partial charge in [-0.2, -0.15) is 0 Å². The highest BCUT2D eigenvalue weighted by atomic mass is 16.5. The quantitative estimate of drug-likeness (QED) is 0.488. The summed E-state index contributed by atoms with van der Waals surface area (Å²) in [5.74, 6) is -0.0824. The molecule has 3 aromatic rings. The maximum Gasteiger partial charge on any atom is 0.268 e. The van der Waals surface area contributed by atoms with Crippen molar-refractivity contribution in [1.29, 1.82) is 0 Å². The minimum atomic E-state index is -0.327. The van der Waals surface area contributed by atoms with E-state index >= 15 is 0 Å². The van der Waals surface area contributed by atoms with E-state index < -0.39 is 0 Å². The molecule has 3 heterocycles. The topological polar surface area (TPSA) is 107 Å². The van der Waals surface area contributed by atoms with Crippen LogP contribution in [0.25, 0.3) is 0 Å². The third-order valence-electron chi connectivity index (χ3n) is 6.23. The lowest BCUT2D eigenvalue weighted by molar-refractivity contribution is 0.0773. The number of fused-ring (bicyclic) bond motifs is 1. The van der Waals surface area contributed by atoms with E-state index in [-0.39, 0.29) is 30.5 Å².